The standard InChI is InChI=1S/C24H20B.H2I/c1-5-13-21(14-6-1)25(22-15-7-2-8-16-22,23-17-9-3-10-18-23)24-19-11-4-12-20-24;/h1-20H;1H2/q-1;+1. The molecule has 0 radical (unpaired) electrons. The van der Waals surface area contributed by atoms with Gasteiger partial charge in [-0.05, 0) is 0 Å². The van der Waals surface area contributed by atoms with Gasteiger partial charge < -0.3 is 0 Å². The summed E-state index contributed by atoms with van der Waals surface area (Å²) >= 11 is 0. The molecule has 0 atom stereocenters. The van der Waals surface area contributed by atoms with Crippen molar-refractivity contribution in [2.24, 2.45) is 0 Å². The lowest BCUT2D eigenvalue weighted by Gasteiger charge is -2.44. The van der Waals surface area contributed by atoms with E-state index in [1.54, 1.807) is 0 Å². The van der Waals surface area contributed by atoms with Gasteiger partial charge in [0.2, 0.25) is 24.0 Å². The first-order valence-corrected chi connectivity index (χ1v) is 8.80. The zero-order valence-electron chi connectivity index (χ0n) is 14.6. The molecule has 0 spiro atoms. The molecule has 128 valence electrons. The molecule has 4 rings (SSSR count). The number of rotatable bonds is 4. The lowest BCUT2D eigenvalue weighted by Crippen LogP contribution is -3.00. The Bertz CT molecular complexity index is 759. The summed E-state index contributed by atoms with van der Waals surface area (Å²) in [6.45, 7) is 0. The van der Waals surface area contributed by atoms with Crippen LogP contribution in [0.1, 0.15) is 0 Å². The van der Waals surface area contributed by atoms with Crippen molar-refractivity contribution in [2.45, 2.75) is 0 Å². The van der Waals surface area contributed by atoms with Gasteiger partial charge in [0.1, 0.15) is 6.15 Å². The molecule has 4 aromatic rings. The highest BCUT2D eigenvalue weighted by molar-refractivity contribution is 7.19. The molecule has 0 heterocycles. The largest absolute Gasteiger partial charge is 0.235 e. The average molecular weight is 448 g/mol. The average Bonchev–Trinajstić information content (AvgIpc) is 2.72. The maximum absolute atomic E-state index is 2.26. The summed E-state index contributed by atoms with van der Waals surface area (Å²) in [4.78, 5) is 0. The molecule has 2 heteroatoms. The van der Waals surface area contributed by atoms with Gasteiger partial charge in [-0.3, -0.25) is 0 Å². The van der Waals surface area contributed by atoms with Gasteiger partial charge in [-0.2, -0.15) is 21.9 Å². The molecular weight excluding hydrogens is 426 g/mol. The monoisotopic (exact) mass is 448 g/mol. The summed E-state index contributed by atoms with van der Waals surface area (Å²) in [7, 11) is 0. The second kappa shape index (κ2) is 8.37. The summed E-state index contributed by atoms with van der Waals surface area (Å²) in [5, 5.41) is 0. The SMILES string of the molecule is [IH2+].c1ccc([B-](c2ccccc2)(c2ccccc2)c2ccccc2)cc1. The predicted octanol–water partition coefficient (Wildman–Crippen LogP) is -0.467. The highest BCUT2D eigenvalue weighted by Crippen LogP contribution is 2.09. The van der Waals surface area contributed by atoms with E-state index in [1.165, 1.54) is 21.9 Å². The van der Waals surface area contributed by atoms with Gasteiger partial charge in [-0.1, -0.05) is 121 Å². The van der Waals surface area contributed by atoms with Gasteiger partial charge in [-0.15, -0.1) is 0 Å². The summed E-state index contributed by atoms with van der Waals surface area (Å²) in [5.74, 6) is 0. The molecular formula is C24H22BI. The van der Waals surface area contributed by atoms with Gasteiger partial charge in [-0.25, -0.2) is 0 Å². The van der Waals surface area contributed by atoms with Crippen molar-refractivity contribution in [2.75, 3.05) is 0 Å². The van der Waals surface area contributed by atoms with Crippen molar-refractivity contribution >= 4 is 28.0 Å². The molecule has 26 heavy (non-hydrogen) atoms. The first-order chi connectivity index (χ1) is 12.4. The van der Waals surface area contributed by atoms with Crippen LogP contribution in [0.25, 0.3) is 0 Å². The van der Waals surface area contributed by atoms with E-state index >= 15 is 0 Å². The zero-order valence-corrected chi connectivity index (χ0v) is 17.1. The van der Waals surface area contributed by atoms with Crippen LogP contribution < -0.4 is 45.8 Å². The maximum atomic E-state index is 2.26. The summed E-state index contributed by atoms with van der Waals surface area (Å²) in [5.41, 5.74) is 5.36. The Morgan fingerprint density at radius 1 is 0.308 bits per heavy atom. The number of halogens is 1. The van der Waals surface area contributed by atoms with Crippen molar-refractivity contribution in [3.63, 3.8) is 0 Å². The van der Waals surface area contributed by atoms with E-state index in [4.69, 9.17) is 0 Å². The van der Waals surface area contributed by atoms with E-state index < -0.39 is 6.15 Å². The summed E-state index contributed by atoms with van der Waals surface area (Å²) < 4.78 is 0. The van der Waals surface area contributed by atoms with Gasteiger partial charge >= 0.3 is 0 Å². The first-order valence-electron chi connectivity index (χ1n) is 8.80. The number of benzene rings is 4. The molecule has 0 aliphatic carbocycles. The third-order valence-corrected chi connectivity index (χ3v) is 5.20. The van der Waals surface area contributed by atoms with E-state index in [2.05, 4.69) is 121 Å². The molecule has 0 saturated heterocycles. The molecule has 0 aromatic heterocycles. The minimum Gasteiger partial charge on any atom is -0.195 e. The number of hydrogen-bond acceptors (Lipinski definition) is 0. The van der Waals surface area contributed by atoms with Crippen molar-refractivity contribution in [3.05, 3.63) is 121 Å². The molecule has 0 nitrogen and oxygen atoms in total. The van der Waals surface area contributed by atoms with Gasteiger partial charge in [0.25, 0.3) is 0 Å². The second-order valence-corrected chi connectivity index (χ2v) is 6.51. The van der Waals surface area contributed by atoms with Crippen LogP contribution in [-0.2, 0) is 0 Å². The van der Waals surface area contributed by atoms with Crippen molar-refractivity contribution < 1.29 is 24.0 Å². The Kier molecular flexibility index (Phi) is 5.94. The fourth-order valence-corrected chi connectivity index (χ4v) is 4.12. The second-order valence-electron chi connectivity index (χ2n) is 6.51. The lowest BCUT2D eigenvalue weighted by atomic mass is 9.13. The molecule has 0 unspecified atom stereocenters. The third kappa shape index (κ3) is 3.22. The fraction of sp³-hybridized carbons (Fsp3) is 0. The van der Waals surface area contributed by atoms with Crippen LogP contribution in [0.4, 0.5) is 0 Å². The van der Waals surface area contributed by atoms with Crippen LogP contribution in [0.2, 0.25) is 0 Å². The maximum Gasteiger partial charge on any atom is 0.235 e. The molecule has 0 fully saturated rings. The van der Waals surface area contributed by atoms with Crippen molar-refractivity contribution in [3.8, 4) is 0 Å². The Labute approximate surface area is 172 Å². The minimum atomic E-state index is -1.22. The molecule has 0 N–H and O–H groups in total. The van der Waals surface area contributed by atoms with Crippen molar-refractivity contribution in [1.82, 2.24) is 0 Å². The Hall–Kier alpha value is -2.33. The fourth-order valence-electron chi connectivity index (χ4n) is 4.12. The van der Waals surface area contributed by atoms with Gasteiger partial charge in [0.05, 0.1) is 0 Å². The Morgan fingerprint density at radius 2 is 0.500 bits per heavy atom. The molecule has 4 aromatic carbocycles. The lowest BCUT2D eigenvalue weighted by molar-refractivity contribution is -0.00000473. The van der Waals surface area contributed by atoms with E-state index in [0.29, 0.717) is 0 Å². The predicted molar refractivity (Wildman–Crippen MR) is 113 cm³/mol. The Balaban J connectivity index is 0.00000196. The van der Waals surface area contributed by atoms with E-state index in [-0.39, 0.29) is 24.0 Å². The topological polar surface area (TPSA) is 0 Å². The summed E-state index contributed by atoms with van der Waals surface area (Å²) in [6, 6.07) is 43.5. The molecule has 0 saturated carbocycles. The van der Waals surface area contributed by atoms with Crippen LogP contribution in [0.15, 0.2) is 121 Å². The quantitative estimate of drug-likeness (QED) is 0.293. The minimum absolute atomic E-state index is 0. The van der Waals surface area contributed by atoms with Crippen LogP contribution in [-0.4, -0.2) is 6.15 Å². The molecule has 0 bridgehead atoms. The molecule has 0 amide bonds. The van der Waals surface area contributed by atoms with Crippen LogP contribution in [0.5, 0.6) is 0 Å². The first kappa shape index (κ1) is 18.5. The number of hydrogen-bond donors (Lipinski definition) is 0. The zero-order chi connectivity index (χ0) is 17.0. The normalized spacial score (nSPS) is 10.8. The van der Waals surface area contributed by atoms with Crippen LogP contribution in [0.3, 0.4) is 0 Å². The van der Waals surface area contributed by atoms with E-state index in [0.717, 1.165) is 0 Å². The van der Waals surface area contributed by atoms with E-state index in [9.17, 15) is 0 Å². The van der Waals surface area contributed by atoms with Gasteiger partial charge in [0.15, 0.2) is 0 Å². The van der Waals surface area contributed by atoms with Crippen LogP contribution in [0, 0.1) is 0 Å². The highest BCUT2D eigenvalue weighted by atomic mass is 127. The third-order valence-electron chi connectivity index (χ3n) is 5.20. The highest BCUT2D eigenvalue weighted by Gasteiger charge is 2.30. The Morgan fingerprint density at radius 3 is 0.692 bits per heavy atom. The summed E-state index contributed by atoms with van der Waals surface area (Å²) in [6.07, 6.45) is -1.22. The van der Waals surface area contributed by atoms with Crippen molar-refractivity contribution in [1.29, 1.82) is 0 Å². The molecule has 0 aliphatic heterocycles. The smallest absolute Gasteiger partial charge is 0.195 e. The van der Waals surface area contributed by atoms with Gasteiger partial charge in [0, 0.05) is 0 Å². The van der Waals surface area contributed by atoms with Crippen LogP contribution >= 0.6 is 0 Å². The van der Waals surface area contributed by atoms with E-state index in [1.807, 2.05) is 0 Å². The molecule has 0 aliphatic rings.